The first kappa shape index (κ1) is 15.6. The molecule has 2 rings (SSSR count). The van der Waals surface area contributed by atoms with Crippen LogP contribution in [0, 0.1) is 21.7 Å². The molecule has 1 fully saturated rings. The number of halogens is 2. The molecular weight excluding hydrogens is 284 g/mol. The third-order valence-electron chi connectivity index (χ3n) is 3.54. The van der Waals surface area contributed by atoms with Gasteiger partial charge in [0, 0.05) is 45.9 Å². The van der Waals surface area contributed by atoms with Gasteiger partial charge in [0.25, 0.3) is 0 Å². The van der Waals surface area contributed by atoms with E-state index in [9.17, 15) is 18.9 Å². The van der Waals surface area contributed by atoms with Gasteiger partial charge in [0.05, 0.1) is 23.3 Å². The predicted octanol–water partition coefficient (Wildman–Crippen LogP) is 1.64. The summed E-state index contributed by atoms with van der Waals surface area (Å²) in [6, 6.07) is 1.54. The number of nitrogens with zero attached hydrogens (tertiary/aromatic N) is 3. The highest BCUT2D eigenvalue weighted by atomic mass is 19.1. The Hall–Kier alpha value is -1.80. The molecule has 0 radical (unpaired) electrons. The van der Waals surface area contributed by atoms with E-state index in [0.717, 1.165) is 12.6 Å². The maximum atomic E-state index is 13.9. The molecule has 0 atom stereocenters. The van der Waals surface area contributed by atoms with Crippen molar-refractivity contribution in [2.45, 2.75) is 0 Å². The second-order valence-electron chi connectivity index (χ2n) is 4.83. The summed E-state index contributed by atoms with van der Waals surface area (Å²) in [5.41, 5.74) is -0.764. The standard InChI is InChI=1S/C13H17F2N3O3/c1-21-7-6-16-2-4-17(5-3-16)12-8-11(15)13(18(19)20)9-10(12)14/h8-9H,2-7H2,1H3. The van der Waals surface area contributed by atoms with Crippen LogP contribution in [0.15, 0.2) is 12.1 Å². The highest BCUT2D eigenvalue weighted by Gasteiger charge is 2.24. The van der Waals surface area contributed by atoms with Crippen molar-refractivity contribution < 1.29 is 18.4 Å². The number of rotatable bonds is 5. The normalized spacial score (nSPS) is 16.2. The van der Waals surface area contributed by atoms with Crippen LogP contribution >= 0.6 is 0 Å². The Morgan fingerprint density at radius 3 is 2.48 bits per heavy atom. The molecule has 1 saturated heterocycles. The molecule has 0 amide bonds. The van der Waals surface area contributed by atoms with E-state index < -0.39 is 22.2 Å². The van der Waals surface area contributed by atoms with Crippen molar-refractivity contribution in [1.82, 2.24) is 4.90 Å². The summed E-state index contributed by atoms with van der Waals surface area (Å²) >= 11 is 0. The molecule has 0 N–H and O–H groups in total. The van der Waals surface area contributed by atoms with Crippen LogP contribution in [0.4, 0.5) is 20.2 Å². The second-order valence-corrected chi connectivity index (χ2v) is 4.83. The minimum Gasteiger partial charge on any atom is -0.383 e. The van der Waals surface area contributed by atoms with E-state index in [4.69, 9.17) is 4.74 Å². The Morgan fingerprint density at radius 2 is 1.90 bits per heavy atom. The summed E-state index contributed by atoms with van der Waals surface area (Å²) in [5.74, 6) is -1.79. The molecule has 116 valence electrons. The summed E-state index contributed by atoms with van der Waals surface area (Å²) in [4.78, 5) is 13.5. The van der Waals surface area contributed by atoms with Crippen LogP contribution in [-0.2, 0) is 4.74 Å². The Balaban J connectivity index is 2.07. The largest absolute Gasteiger partial charge is 0.383 e. The molecule has 21 heavy (non-hydrogen) atoms. The molecule has 1 heterocycles. The van der Waals surface area contributed by atoms with Crippen LogP contribution in [-0.4, -0.2) is 56.3 Å². The average molecular weight is 301 g/mol. The molecule has 8 heteroatoms. The van der Waals surface area contributed by atoms with Crippen LogP contribution in [0.5, 0.6) is 0 Å². The summed E-state index contributed by atoms with van der Waals surface area (Å²) < 4.78 is 32.5. The molecule has 1 aromatic carbocycles. The van der Waals surface area contributed by atoms with E-state index in [-0.39, 0.29) is 5.69 Å². The zero-order chi connectivity index (χ0) is 15.4. The second kappa shape index (κ2) is 6.77. The fourth-order valence-electron chi connectivity index (χ4n) is 2.34. The number of benzene rings is 1. The monoisotopic (exact) mass is 301 g/mol. The fraction of sp³-hybridized carbons (Fsp3) is 0.538. The van der Waals surface area contributed by atoms with Crippen LogP contribution in [0.2, 0.25) is 0 Å². The van der Waals surface area contributed by atoms with E-state index in [0.29, 0.717) is 38.9 Å². The van der Waals surface area contributed by atoms with E-state index in [2.05, 4.69) is 4.90 Å². The van der Waals surface area contributed by atoms with Crippen molar-refractivity contribution in [2.24, 2.45) is 0 Å². The predicted molar refractivity (Wildman–Crippen MR) is 73.5 cm³/mol. The zero-order valence-corrected chi connectivity index (χ0v) is 11.7. The molecule has 0 saturated carbocycles. The van der Waals surface area contributed by atoms with Gasteiger partial charge in [-0.15, -0.1) is 0 Å². The van der Waals surface area contributed by atoms with Crippen molar-refractivity contribution in [1.29, 1.82) is 0 Å². The fourth-order valence-corrected chi connectivity index (χ4v) is 2.34. The first-order chi connectivity index (χ1) is 10.0. The smallest absolute Gasteiger partial charge is 0.307 e. The molecule has 1 aromatic rings. The molecule has 0 aromatic heterocycles. The van der Waals surface area contributed by atoms with Gasteiger partial charge >= 0.3 is 5.69 Å². The summed E-state index contributed by atoms with van der Waals surface area (Å²) in [5, 5.41) is 10.6. The van der Waals surface area contributed by atoms with Gasteiger partial charge in [-0.3, -0.25) is 15.0 Å². The molecule has 0 aliphatic carbocycles. The number of piperazine rings is 1. The molecule has 0 spiro atoms. The Bertz CT molecular complexity index is 520. The zero-order valence-electron chi connectivity index (χ0n) is 11.7. The van der Waals surface area contributed by atoms with Crippen molar-refractivity contribution >= 4 is 11.4 Å². The molecular formula is C13H17F2N3O3. The van der Waals surface area contributed by atoms with E-state index in [1.807, 2.05) is 0 Å². The van der Waals surface area contributed by atoms with Crippen LogP contribution < -0.4 is 4.90 Å². The Kier molecular flexibility index (Phi) is 5.03. The first-order valence-electron chi connectivity index (χ1n) is 6.62. The maximum Gasteiger partial charge on any atom is 0.307 e. The third-order valence-corrected chi connectivity index (χ3v) is 3.54. The van der Waals surface area contributed by atoms with Gasteiger partial charge in [0.2, 0.25) is 5.82 Å². The lowest BCUT2D eigenvalue weighted by Crippen LogP contribution is -2.47. The molecule has 0 bridgehead atoms. The molecule has 1 aliphatic heterocycles. The van der Waals surface area contributed by atoms with E-state index in [1.165, 1.54) is 0 Å². The number of methoxy groups -OCH3 is 1. The van der Waals surface area contributed by atoms with Gasteiger partial charge in [-0.25, -0.2) is 4.39 Å². The van der Waals surface area contributed by atoms with Gasteiger partial charge in [0.15, 0.2) is 5.82 Å². The quantitative estimate of drug-likeness (QED) is 0.611. The highest BCUT2D eigenvalue weighted by Crippen LogP contribution is 2.28. The number of anilines is 1. The van der Waals surface area contributed by atoms with E-state index in [1.54, 1.807) is 12.0 Å². The topological polar surface area (TPSA) is 58.8 Å². The molecule has 1 aliphatic rings. The van der Waals surface area contributed by atoms with E-state index >= 15 is 0 Å². The van der Waals surface area contributed by atoms with Gasteiger partial charge in [-0.05, 0) is 0 Å². The highest BCUT2D eigenvalue weighted by molar-refractivity contribution is 5.53. The van der Waals surface area contributed by atoms with Gasteiger partial charge < -0.3 is 9.64 Å². The summed E-state index contributed by atoms with van der Waals surface area (Å²) in [6.07, 6.45) is 0. The number of hydrogen-bond donors (Lipinski definition) is 0. The number of nitro groups is 1. The maximum absolute atomic E-state index is 13.9. The lowest BCUT2D eigenvalue weighted by atomic mass is 10.2. The SMILES string of the molecule is COCCN1CCN(c2cc(F)c([N+](=O)[O-])cc2F)CC1. The summed E-state index contributed by atoms with van der Waals surface area (Å²) in [7, 11) is 1.63. The number of nitro benzene ring substituents is 1. The Morgan fingerprint density at radius 1 is 1.24 bits per heavy atom. The average Bonchev–Trinajstić information content (AvgIpc) is 2.47. The number of hydrogen-bond acceptors (Lipinski definition) is 5. The summed E-state index contributed by atoms with van der Waals surface area (Å²) in [6.45, 7) is 3.92. The third kappa shape index (κ3) is 3.64. The lowest BCUT2D eigenvalue weighted by Gasteiger charge is -2.36. The van der Waals surface area contributed by atoms with Crippen molar-refractivity contribution in [3.8, 4) is 0 Å². The van der Waals surface area contributed by atoms with Gasteiger partial charge in [0.1, 0.15) is 0 Å². The first-order valence-corrected chi connectivity index (χ1v) is 6.62. The van der Waals surface area contributed by atoms with Crippen LogP contribution in [0.3, 0.4) is 0 Å². The van der Waals surface area contributed by atoms with Crippen molar-refractivity contribution in [3.63, 3.8) is 0 Å². The van der Waals surface area contributed by atoms with Crippen LogP contribution in [0.25, 0.3) is 0 Å². The molecule has 0 unspecified atom stereocenters. The molecule has 6 nitrogen and oxygen atoms in total. The van der Waals surface area contributed by atoms with Gasteiger partial charge in [-0.1, -0.05) is 0 Å². The lowest BCUT2D eigenvalue weighted by molar-refractivity contribution is -0.387. The Labute approximate surface area is 121 Å². The van der Waals surface area contributed by atoms with Crippen molar-refractivity contribution in [3.05, 3.63) is 33.9 Å². The van der Waals surface area contributed by atoms with Gasteiger partial charge in [-0.2, -0.15) is 4.39 Å². The minimum atomic E-state index is -1.02. The van der Waals surface area contributed by atoms with Crippen molar-refractivity contribution in [2.75, 3.05) is 51.3 Å². The van der Waals surface area contributed by atoms with Crippen LogP contribution in [0.1, 0.15) is 0 Å². The minimum absolute atomic E-state index is 0.0736. The number of ether oxygens (including phenoxy) is 1.